The van der Waals surface area contributed by atoms with Crippen molar-refractivity contribution in [3.05, 3.63) is 65.7 Å². The zero-order chi connectivity index (χ0) is 14.2. The molecular formula is C17H20O3. The first kappa shape index (κ1) is 14.6. The average Bonchev–Trinajstić information content (AvgIpc) is 2.48. The van der Waals surface area contributed by atoms with Gasteiger partial charge in [0, 0.05) is 0 Å². The second-order valence-corrected chi connectivity index (χ2v) is 4.78. The third kappa shape index (κ3) is 5.03. The van der Waals surface area contributed by atoms with Gasteiger partial charge in [0.25, 0.3) is 0 Å². The Balaban J connectivity index is 1.65. The third-order valence-electron chi connectivity index (χ3n) is 2.89. The van der Waals surface area contributed by atoms with Crippen LogP contribution in [0.1, 0.15) is 11.1 Å². The molecule has 1 atom stereocenters. The van der Waals surface area contributed by atoms with Gasteiger partial charge in [0.05, 0.1) is 13.2 Å². The van der Waals surface area contributed by atoms with Gasteiger partial charge in [-0.05, 0) is 24.6 Å². The van der Waals surface area contributed by atoms with Crippen LogP contribution in [0.3, 0.4) is 0 Å². The van der Waals surface area contributed by atoms with Gasteiger partial charge in [0.15, 0.2) is 0 Å². The molecule has 0 amide bonds. The number of hydrogen-bond donors (Lipinski definition) is 1. The van der Waals surface area contributed by atoms with E-state index in [1.54, 1.807) is 0 Å². The lowest BCUT2D eigenvalue weighted by Gasteiger charge is -2.13. The molecule has 0 bridgehead atoms. The first-order valence-electron chi connectivity index (χ1n) is 6.73. The summed E-state index contributed by atoms with van der Waals surface area (Å²) in [6.45, 7) is 3.02. The van der Waals surface area contributed by atoms with Crippen LogP contribution in [0.25, 0.3) is 0 Å². The Morgan fingerprint density at radius 2 is 1.65 bits per heavy atom. The van der Waals surface area contributed by atoms with Crippen molar-refractivity contribution in [2.24, 2.45) is 0 Å². The minimum atomic E-state index is -0.625. The van der Waals surface area contributed by atoms with Gasteiger partial charge in [0.2, 0.25) is 0 Å². The van der Waals surface area contributed by atoms with Crippen LogP contribution < -0.4 is 4.74 Å². The lowest BCUT2D eigenvalue weighted by atomic mass is 10.2. The number of hydrogen-bond acceptors (Lipinski definition) is 3. The summed E-state index contributed by atoms with van der Waals surface area (Å²) in [6.07, 6.45) is -0.625. The SMILES string of the molecule is Cc1ccc(OCC(O)COCc2ccccc2)cc1. The third-order valence-corrected chi connectivity index (χ3v) is 2.89. The molecule has 2 aromatic rings. The molecule has 0 aliphatic heterocycles. The lowest BCUT2D eigenvalue weighted by molar-refractivity contribution is 0.00549. The molecule has 2 rings (SSSR count). The molecule has 20 heavy (non-hydrogen) atoms. The van der Waals surface area contributed by atoms with Gasteiger partial charge in [0.1, 0.15) is 18.5 Å². The summed E-state index contributed by atoms with van der Waals surface area (Å²) in [5.74, 6) is 0.762. The van der Waals surface area contributed by atoms with Crippen LogP contribution in [0, 0.1) is 6.92 Å². The Bertz CT molecular complexity index is 493. The summed E-state index contributed by atoms with van der Waals surface area (Å²) < 4.78 is 11.0. The number of benzene rings is 2. The second-order valence-electron chi connectivity index (χ2n) is 4.78. The number of aliphatic hydroxyl groups is 1. The molecule has 0 saturated carbocycles. The van der Waals surface area contributed by atoms with Gasteiger partial charge in [-0.2, -0.15) is 0 Å². The van der Waals surface area contributed by atoms with E-state index in [1.807, 2.05) is 61.5 Å². The first-order valence-corrected chi connectivity index (χ1v) is 6.73. The van der Waals surface area contributed by atoms with Crippen LogP contribution in [0.4, 0.5) is 0 Å². The van der Waals surface area contributed by atoms with Gasteiger partial charge in [-0.15, -0.1) is 0 Å². The monoisotopic (exact) mass is 272 g/mol. The maximum absolute atomic E-state index is 9.79. The highest BCUT2D eigenvalue weighted by Crippen LogP contribution is 2.11. The van der Waals surface area contributed by atoms with Crippen LogP contribution in [-0.4, -0.2) is 24.4 Å². The molecule has 3 nitrogen and oxygen atoms in total. The van der Waals surface area contributed by atoms with E-state index in [9.17, 15) is 5.11 Å². The van der Waals surface area contributed by atoms with E-state index >= 15 is 0 Å². The molecule has 3 heteroatoms. The highest BCUT2D eigenvalue weighted by molar-refractivity contribution is 5.26. The highest BCUT2D eigenvalue weighted by atomic mass is 16.5. The van der Waals surface area contributed by atoms with Crippen molar-refractivity contribution in [1.29, 1.82) is 0 Å². The van der Waals surface area contributed by atoms with E-state index in [4.69, 9.17) is 9.47 Å². The van der Waals surface area contributed by atoms with Crippen molar-refractivity contribution in [3.63, 3.8) is 0 Å². The molecular weight excluding hydrogens is 252 g/mol. The zero-order valence-electron chi connectivity index (χ0n) is 11.7. The molecule has 0 fully saturated rings. The van der Waals surface area contributed by atoms with Gasteiger partial charge >= 0.3 is 0 Å². The van der Waals surface area contributed by atoms with Gasteiger partial charge < -0.3 is 14.6 Å². The second kappa shape index (κ2) is 7.68. The summed E-state index contributed by atoms with van der Waals surface area (Å²) >= 11 is 0. The minimum absolute atomic E-state index is 0.234. The first-order chi connectivity index (χ1) is 9.74. The smallest absolute Gasteiger partial charge is 0.119 e. The topological polar surface area (TPSA) is 38.7 Å². The molecule has 0 aliphatic rings. The number of aryl methyl sites for hydroxylation is 1. The van der Waals surface area contributed by atoms with E-state index in [2.05, 4.69) is 0 Å². The summed E-state index contributed by atoms with van der Waals surface area (Å²) in [5, 5.41) is 9.79. The molecule has 2 aromatic carbocycles. The summed E-state index contributed by atoms with van der Waals surface area (Å²) in [7, 11) is 0. The Kier molecular flexibility index (Phi) is 5.59. The molecule has 0 spiro atoms. The molecule has 0 aromatic heterocycles. The Hall–Kier alpha value is -1.84. The van der Waals surface area contributed by atoms with Crippen molar-refractivity contribution in [2.45, 2.75) is 19.6 Å². The molecule has 0 aliphatic carbocycles. The van der Waals surface area contributed by atoms with Crippen molar-refractivity contribution >= 4 is 0 Å². The quantitative estimate of drug-likeness (QED) is 0.842. The molecule has 1 unspecified atom stereocenters. The fraction of sp³-hybridized carbons (Fsp3) is 0.294. The molecule has 1 N–H and O–H groups in total. The largest absolute Gasteiger partial charge is 0.491 e. The van der Waals surface area contributed by atoms with E-state index < -0.39 is 6.10 Å². The summed E-state index contributed by atoms with van der Waals surface area (Å²) in [4.78, 5) is 0. The van der Waals surface area contributed by atoms with E-state index in [0.717, 1.165) is 11.3 Å². The number of rotatable bonds is 7. The molecule has 0 radical (unpaired) electrons. The normalized spacial score (nSPS) is 12.1. The highest BCUT2D eigenvalue weighted by Gasteiger charge is 2.05. The van der Waals surface area contributed by atoms with E-state index in [1.165, 1.54) is 5.56 Å². The van der Waals surface area contributed by atoms with Crippen molar-refractivity contribution in [1.82, 2.24) is 0 Å². The van der Waals surface area contributed by atoms with Crippen LogP contribution in [0.5, 0.6) is 5.75 Å². The van der Waals surface area contributed by atoms with Crippen molar-refractivity contribution in [2.75, 3.05) is 13.2 Å². The standard InChI is InChI=1S/C17H20O3/c1-14-7-9-17(10-8-14)20-13-16(18)12-19-11-15-5-3-2-4-6-15/h2-10,16,18H,11-13H2,1H3. The van der Waals surface area contributed by atoms with Crippen LogP contribution >= 0.6 is 0 Å². The van der Waals surface area contributed by atoms with E-state index in [0.29, 0.717) is 6.61 Å². The maximum Gasteiger partial charge on any atom is 0.119 e. The predicted octanol–water partition coefficient (Wildman–Crippen LogP) is 2.95. The fourth-order valence-electron chi connectivity index (χ4n) is 1.76. The molecule has 0 saturated heterocycles. The Labute approximate surface area is 119 Å². The van der Waals surface area contributed by atoms with E-state index in [-0.39, 0.29) is 13.2 Å². The van der Waals surface area contributed by atoms with Crippen molar-refractivity contribution in [3.8, 4) is 5.75 Å². The Morgan fingerprint density at radius 1 is 0.950 bits per heavy atom. The van der Waals surface area contributed by atoms with Gasteiger partial charge in [-0.1, -0.05) is 48.0 Å². The lowest BCUT2D eigenvalue weighted by Crippen LogP contribution is -2.23. The van der Waals surface area contributed by atoms with Gasteiger partial charge in [-0.3, -0.25) is 0 Å². The number of ether oxygens (including phenoxy) is 2. The summed E-state index contributed by atoms with van der Waals surface area (Å²) in [6, 6.07) is 17.6. The average molecular weight is 272 g/mol. The molecule has 106 valence electrons. The minimum Gasteiger partial charge on any atom is -0.491 e. The Morgan fingerprint density at radius 3 is 2.35 bits per heavy atom. The van der Waals surface area contributed by atoms with Gasteiger partial charge in [-0.25, -0.2) is 0 Å². The zero-order valence-corrected chi connectivity index (χ0v) is 11.7. The van der Waals surface area contributed by atoms with Crippen LogP contribution in [0.2, 0.25) is 0 Å². The number of aliphatic hydroxyl groups excluding tert-OH is 1. The molecule has 0 heterocycles. The fourth-order valence-corrected chi connectivity index (χ4v) is 1.76. The summed E-state index contributed by atoms with van der Waals surface area (Å²) in [5.41, 5.74) is 2.28. The maximum atomic E-state index is 9.79. The predicted molar refractivity (Wildman–Crippen MR) is 78.8 cm³/mol. The van der Waals surface area contributed by atoms with Crippen molar-refractivity contribution < 1.29 is 14.6 Å². The van der Waals surface area contributed by atoms with Crippen LogP contribution in [0.15, 0.2) is 54.6 Å². The van der Waals surface area contributed by atoms with Crippen LogP contribution in [-0.2, 0) is 11.3 Å².